The first-order valence-electron chi connectivity index (χ1n) is 9.24. The van der Waals surface area contributed by atoms with Gasteiger partial charge in [-0.2, -0.15) is 10.5 Å². The number of benzene rings is 3. The fourth-order valence-electron chi connectivity index (χ4n) is 3.38. The molecule has 0 aliphatic carbocycles. The third-order valence-electron chi connectivity index (χ3n) is 5.13. The summed E-state index contributed by atoms with van der Waals surface area (Å²) in [6.07, 6.45) is -0.203. The van der Waals surface area contributed by atoms with Gasteiger partial charge in [-0.1, -0.05) is 89.6 Å². The monoisotopic (exact) mass is 356 g/mol. The number of hydrazine groups is 1. The summed E-state index contributed by atoms with van der Waals surface area (Å²) in [5, 5.41) is 10.8. The van der Waals surface area contributed by atoms with Crippen molar-refractivity contribution >= 4 is 0 Å². The summed E-state index contributed by atoms with van der Waals surface area (Å²) >= 11 is 0. The van der Waals surface area contributed by atoms with Crippen LogP contribution in [0.3, 0.4) is 0 Å². The van der Waals surface area contributed by atoms with Crippen LogP contribution in [0.5, 0.6) is 0 Å². The van der Waals surface area contributed by atoms with E-state index in [9.17, 15) is 0 Å². The lowest BCUT2D eigenvalue weighted by Gasteiger charge is -2.33. The zero-order valence-corrected chi connectivity index (χ0v) is 15.9. The summed E-state index contributed by atoms with van der Waals surface area (Å²) < 4.78 is 0. The fourth-order valence-corrected chi connectivity index (χ4v) is 3.38. The summed E-state index contributed by atoms with van der Waals surface area (Å²) in [6, 6.07) is 27.3. The lowest BCUT2D eigenvalue weighted by atomic mass is 9.94. The van der Waals surface area contributed by atoms with Crippen LogP contribution >= 0.6 is 0 Å². The molecule has 0 aromatic heterocycles. The molecule has 1 N–H and O–H groups in total. The number of hydrogen-bond donors (Lipinski definition) is 1. The largest absolute Gasteiger partial charge is 0.199 e. The first-order chi connectivity index (χ1) is 13.1. The van der Waals surface area contributed by atoms with Gasteiger partial charge in [0.05, 0.1) is 5.54 Å². The molecule has 0 saturated heterocycles. The van der Waals surface area contributed by atoms with Crippen molar-refractivity contribution in [2.75, 3.05) is 0 Å². The van der Waals surface area contributed by atoms with Crippen LogP contribution in [0.2, 0.25) is 0 Å². The highest BCUT2D eigenvalue weighted by Crippen LogP contribution is 2.35. The number of rotatable bonds is 4. The smallest absolute Gasteiger partial charge is 0.167 e. The minimum Gasteiger partial charge on any atom is -0.199 e. The van der Waals surface area contributed by atoms with Gasteiger partial charge in [-0.3, -0.25) is 0 Å². The van der Waals surface area contributed by atoms with Crippen molar-refractivity contribution in [3.8, 4) is 11.1 Å². The van der Waals surface area contributed by atoms with Gasteiger partial charge in [-0.25, -0.2) is 0 Å². The molecule has 1 aliphatic rings. The Kier molecular flexibility index (Phi) is 4.50. The maximum absolute atomic E-state index is 4.52. The summed E-state index contributed by atoms with van der Waals surface area (Å²) in [7, 11) is 0. The number of nitrogens with one attached hydrogen (secondary N) is 1. The number of aryl methyl sites for hydroxylation is 1. The summed E-state index contributed by atoms with van der Waals surface area (Å²) in [5.74, 6) is 0. The van der Waals surface area contributed by atoms with Crippen molar-refractivity contribution in [3.63, 3.8) is 0 Å². The SMILES string of the molecule is Cc1ccc(-c2ccccc2[C@H]2N=NN(C(C)(C)c3ccccc3)N2)cc1. The van der Waals surface area contributed by atoms with Gasteiger partial charge < -0.3 is 0 Å². The molecule has 3 aromatic carbocycles. The summed E-state index contributed by atoms with van der Waals surface area (Å²) in [4.78, 5) is 0. The minimum absolute atomic E-state index is 0.203. The summed E-state index contributed by atoms with van der Waals surface area (Å²) in [5.41, 5.74) is 9.08. The molecule has 1 atom stereocenters. The van der Waals surface area contributed by atoms with Crippen LogP contribution in [0.4, 0.5) is 0 Å². The van der Waals surface area contributed by atoms with Gasteiger partial charge in [0.15, 0.2) is 6.17 Å². The molecule has 0 bridgehead atoms. The van der Waals surface area contributed by atoms with Crippen LogP contribution in [0.15, 0.2) is 89.2 Å². The number of hydrogen-bond acceptors (Lipinski definition) is 4. The van der Waals surface area contributed by atoms with E-state index in [0.717, 1.165) is 5.56 Å². The topological polar surface area (TPSA) is 40.0 Å². The maximum Gasteiger partial charge on any atom is 0.167 e. The van der Waals surface area contributed by atoms with Crippen molar-refractivity contribution in [2.45, 2.75) is 32.5 Å². The molecule has 1 heterocycles. The third kappa shape index (κ3) is 3.36. The zero-order chi connectivity index (χ0) is 18.9. The molecule has 4 nitrogen and oxygen atoms in total. The standard InChI is InChI=1S/C23H24N4/c1-17-13-15-18(16-14-17)20-11-7-8-12-21(20)22-24-26-27(25-22)23(2,3)19-9-5-4-6-10-19/h4-16,22,25H,1-3H3/t22-/m0/s1. The lowest BCUT2D eigenvalue weighted by molar-refractivity contribution is 0.0696. The lowest BCUT2D eigenvalue weighted by Crippen LogP contribution is -2.44. The van der Waals surface area contributed by atoms with Crippen LogP contribution in [0.1, 0.15) is 36.7 Å². The van der Waals surface area contributed by atoms with E-state index in [4.69, 9.17) is 0 Å². The quantitative estimate of drug-likeness (QED) is 0.643. The van der Waals surface area contributed by atoms with Crippen LogP contribution in [0.25, 0.3) is 11.1 Å². The molecule has 0 spiro atoms. The maximum atomic E-state index is 4.52. The molecule has 136 valence electrons. The van der Waals surface area contributed by atoms with Gasteiger partial charge in [0.1, 0.15) is 0 Å². The Morgan fingerprint density at radius 3 is 2.26 bits per heavy atom. The molecule has 4 rings (SSSR count). The number of nitrogens with zero attached hydrogens (tertiary/aromatic N) is 3. The molecule has 1 aliphatic heterocycles. The van der Waals surface area contributed by atoms with E-state index in [1.807, 2.05) is 11.2 Å². The van der Waals surface area contributed by atoms with Crippen LogP contribution in [0, 0.1) is 6.92 Å². The van der Waals surface area contributed by atoms with E-state index in [1.165, 1.54) is 22.3 Å². The van der Waals surface area contributed by atoms with E-state index in [2.05, 4.69) is 109 Å². The van der Waals surface area contributed by atoms with Gasteiger partial charge in [0, 0.05) is 5.56 Å². The Balaban J connectivity index is 1.62. The van der Waals surface area contributed by atoms with E-state index < -0.39 is 0 Å². The van der Waals surface area contributed by atoms with Crippen LogP contribution in [-0.2, 0) is 5.54 Å². The molecule has 0 saturated carbocycles. The zero-order valence-electron chi connectivity index (χ0n) is 15.9. The normalized spacial score (nSPS) is 16.7. The van der Waals surface area contributed by atoms with Gasteiger partial charge in [-0.05, 0) is 37.5 Å². The van der Waals surface area contributed by atoms with E-state index in [-0.39, 0.29) is 11.7 Å². The van der Waals surface area contributed by atoms with Crippen molar-refractivity contribution in [1.29, 1.82) is 0 Å². The highest BCUT2D eigenvalue weighted by atomic mass is 15.8. The predicted octanol–water partition coefficient (Wildman–Crippen LogP) is 5.78. The highest BCUT2D eigenvalue weighted by Gasteiger charge is 2.34. The van der Waals surface area contributed by atoms with Gasteiger partial charge >= 0.3 is 0 Å². The fraction of sp³-hybridized carbons (Fsp3) is 0.217. The Morgan fingerprint density at radius 1 is 0.852 bits per heavy atom. The second-order valence-electron chi connectivity index (χ2n) is 7.43. The first kappa shape index (κ1) is 17.4. The van der Waals surface area contributed by atoms with Crippen LogP contribution < -0.4 is 5.43 Å². The van der Waals surface area contributed by atoms with Crippen molar-refractivity contribution in [3.05, 3.63) is 95.6 Å². The van der Waals surface area contributed by atoms with Crippen molar-refractivity contribution < 1.29 is 0 Å². The molecule has 0 radical (unpaired) electrons. The Labute approximate surface area is 160 Å². The molecule has 0 fully saturated rings. The Bertz CT molecular complexity index is 946. The molecule has 4 heteroatoms. The Morgan fingerprint density at radius 2 is 1.52 bits per heavy atom. The van der Waals surface area contributed by atoms with Crippen molar-refractivity contribution in [1.82, 2.24) is 10.5 Å². The van der Waals surface area contributed by atoms with Gasteiger partial charge in [0.2, 0.25) is 0 Å². The third-order valence-corrected chi connectivity index (χ3v) is 5.13. The Hall–Kier alpha value is -2.98. The molecular formula is C23H24N4. The first-order valence-corrected chi connectivity index (χ1v) is 9.24. The van der Waals surface area contributed by atoms with E-state index >= 15 is 0 Å². The molecular weight excluding hydrogens is 332 g/mol. The molecule has 0 unspecified atom stereocenters. The van der Waals surface area contributed by atoms with Crippen molar-refractivity contribution in [2.24, 2.45) is 10.3 Å². The second kappa shape index (κ2) is 6.97. The molecule has 27 heavy (non-hydrogen) atoms. The summed E-state index contributed by atoms with van der Waals surface area (Å²) in [6.45, 7) is 6.39. The molecule has 0 amide bonds. The molecule has 3 aromatic rings. The van der Waals surface area contributed by atoms with Gasteiger partial charge in [0.25, 0.3) is 0 Å². The minimum atomic E-state index is -0.307. The average molecular weight is 356 g/mol. The van der Waals surface area contributed by atoms with E-state index in [0.29, 0.717) is 0 Å². The van der Waals surface area contributed by atoms with E-state index in [1.54, 1.807) is 0 Å². The average Bonchev–Trinajstić information content (AvgIpc) is 3.20. The van der Waals surface area contributed by atoms with Crippen LogP contribution in [-0.4, -0.2) is 5.12 Å². The highest BCUT2D eigenvalue weighted by molar-refractivity contribution is 5.68. The second-order valence-corrected chi connectivity index (χ2v) is 7.43. The predicted molar refractivity (Wildman–Crippen MR) is 109 cm³/mol. The van der Waals surface area contributed by atoms with Gasteiger partial charge in [-0.15, -0.1) is 5.11 Å².